The van der Waals surface area contributed by atoms with E-state index in [1.165, 1.54) is 11.8 Å². The molecule has 8 heteroatoms. The molecular formula is C17H16ClN3O3S. The topological polar surface area (TPSA) is 81.2 Å². The van der Waals surface area contributed by atoms with E-state index in [0.29, 0.717) is 21.9 Å². The second-order valence-electron chi connectivity index (χ2n) is 5.40. The van der Waals surface area contributed by atoms with Crippen molar-refractivity contribution in [2.24, 2.45) is 0 Å². The average molecular weight is 378 g/mol. The van der Waals surface area contributed by atoms with E-state index in [9.17, 15) is 4.79 Å². The zero-order valence-electron chi connectivity index (χ0n) is 13.7. The van der Waals surface area contributed by atoms with Crippen LogP contribution < -0.4 is 5.32 Å². The maximum Gasteiger partial charge on any atom is 0.277 e. The predicted octanol–water partition coefficient (Wildman–Crippen LogP) is 4.26. The van der Waals surface area contributed by atoms with Gasteiger partial charge in [-0.2, -0.15) is 0 Å². The number of nitrogens with zero attached hydrogens (tertiary/aromatic N) is 2. The number of furan rings is 1. The van der Waals surface area contributed by atoms with Gasteiger partial charge in [-0.05, 0) is 37.6 Å². The Morgan fingerprint density at radius 1 is 1.36 bits per heavy atom. The summed E-state index contributed by atoms with van der Waals surface area (Å²) in [6, 6.07) is 9.02. The third-order valence-electron chi connectivity index (χ3n) is 3.55. The lowest BCUT2D eigenvalue weighted by atomic mass is 10.1. The fourth-order valence-corrected chi connectivity index (χ4v) is 3.03. The van der Waals surface area contributed by atoms with E-state index in [4.69, 9.17) is 20.4 Å². The number of carbonyl (C=O) groups excluding carboxylic acids is 1. The molecule has 2 heterocycles. The van der Waals surface area contributed by atoms with Gasteiger partial charge in [0.2, 0.25) is 5.91 Å². The Kier molecular flexibility index (Phi) is 5.45. The van der Waals surface area contributed by atoms with Crippen molar-refractivity contribution in [2.75, 3.05) is 5.75 Å². The standard InChI is InChI=1S/C17H16ClN3O3S/c1-10(12-4-3-5-13(18)8-12)19-15(22)9-25-17-21-20-16(24-17)14-6-7-23-11(14)2/h3-8,10H,9H2,1-2H3,(H,19,22)/t10-/m1/s1. The fourth-order valence-electron chi connectivity index (χ4n) is 2.25. The van der Waals surface area contributed by atoms with Crippen LogP contribution in [0.4, 0.5) is 0 Å². The van der Waals surface area contributed by atoms with Crippen LogP contribution in [-0.4, -0.2) is 21.9 Å². The van der Waals surface area contributed by atoms with Gasteiger partial charge in [-0.15, -0.1) is 10.2 Å². The van der Waals surface area contributed by atoms with Crippen molar-refractivity contribution in [3.8, 4) is 11.5 Å². The molecule has 3 rings (SSSR count). The van der Waals surface area contributed by atoms with E-state index < -0.39 is 0 Å². The van der Waals surface area contributed by atoms with Gasteiger partial charge in [0.15, 0.2) is 0 Å². The second kappa shape index (κ2) is 7.76. The van der Waals surface area contributed by atoms with Crippen LogP contribution in [-0.2, 0) is 4.79 Å². The molecule has 0 radical (unpaired) electrons. The van der Waals surface area contributed by atoms with Crippen LogP contribution in [0.15, 0.2) is 50.7 Å². The summed E-state index contributed by atoms with van der Waals surface area (Å²) in [7, 11) is 0. The minimum Gasteiger partial charge on any atom is -0.469 e. The zero-order chi connectivity index (χ0) is 17.8. The highest BCUT2D eigenvalue weighted by Gasteiger charge is 2.15. The number of rotatable bonds is 6. The van der Waals surface area contributed by atoms with E-state index in [-0.39, 0.29) is 17.7 Å². The molecule has 0 saturated heterocycles. The minimum atomic E-state index is -0.140. The Balaban J connectivity index is 1.54. The number of aryl methyl sites for hydroxylation is 1. The molecule has 0 bridgehead atoms. The number of nitrogens with one attached hydrogen (secondary N) is 1. The summed E-state index contributed by atoms with van der Waals surface area (Å²) < 4.78 is 10.8. The molecule has 1 aromatic carbocycles. The Hall–Kier alpha value is -2.25. The van der Waals surface area contributed by atoms with Crippen LogP contribution in [0.1, 0.15) is 24.3 Å². The van der Waals surface area contributed by atoms with E-state index in [2.05, 4.69) is 15.5 Å². The highest BCUT2D eigenvalue weighted by Crippen LogP contribution is 2.26. The first kappa shape index (κ1) is 17.6. The van der Waals surface area contributed by atoms with Crippen LogP contribution >= 0.6 is 23.4 Å². The lowest BCUT2D eigenvalue weighted by molar-refractivity contribution is -0.119. The first-order valence-corrected chi connectivity index (χ1v) is 8.95. The van der Waals surface area contributed by atoms with Gasteiger partial charge < -0.3 is 14.2 Å². The molecule has 6 nitrogen and oxygen atoms in total. The summed E-state index contributed by atoms with van der Waals surface area (Å²) >= 11 is 7.16. The third kappa shape index (κ3) is 4.43. The van der Waals surface area contributed by atoms with Crippen LogP contribution in [0.3, 0.4) is 0 Å². The molecule has 1 amide bonds. The molecule has 0 aliphatic heterocycles. The van der Waals surface area contributed by atoms with Crippen molar-refractivity contribution in [1.29, 1.82) is 0 Å². The van der Waals surface area contributed by atoms with Gasteiger partial charge in [0.1, 0.15) is 5.76 Å². The molecule has 2 aromatic heterocycles. The van der Waals surface area contributed by atoms with Crippen molar-refractivity contribution in [3.63, 3.8) is 0 Å². The summed E-state index contributed by atoms with van der Waals surface area (Å²) in [5.74, 6) is 1.13. The highest BCUT2D eigenvalue weighted by atomic mass is 35.5. The van der Waals surface area contributed by atoms with Gasteiger partial charge in [-0.1, -0.05) is 35.5 Å². The van der Waals surface area contributed by atoms with Gasteiger partial charge in [-0.25, -0.2) is 0 Å². The summed E-state index contributed by atoms with van der Waals surface area (Å²) in [5.41, 5.74) is 1.69. The molecule has 0 spiro atoms. The molecule has 1 atom stereocenters. The van der Waals surface area contributed by atoms with Crippen molar-refractivity contribution >= 4 is 29.3 Å². The maximum absolute atomic E-state index is 12.1. The van der Waals surface area contributed by atoms with Crippen LogP contribution in [0.5, 0.6) is 0 Å². The molecule has 3 aromatic rings. The Labute approximate surface area is 154 Å². The predicted molar refractivity (Wildman–Crippen MR) is 95.5 cm³/mol. The van der Waals surface area contributed by atoms with E-state index >= 15 is 0 Å². The molecule has 0 unspecified atom stereocenters. The molecule has 0 aliphatic rings. The number of halogens is 1. The molecule has 0 fully saturated rings. The molecule has 1 N–H and O–H groups in total. The molecular weight excluding hydrogens is 362 g/mol. The lowest BCUT2D eigenvalue weighted by Gasteiger charge is -2.14. The van der Waals surface area contributed by atoms with Crippen LogP contribution in [0.25, 0.3) is 11.5 Å². The van der Waals surface area contributed by atoms with Crippen LogP contribution in [0.2, 0.25) is 5.02 Å². The maximum atomic E-state index is 12.1. The zero-order valence-corrected chi connectivity index (χ0v) is 15.2. The fraction of sp³-hybridized carbons (Fsp3) is 0.235. The largest absolute Gasteiger partial charge is 0.469 e. The number of hydrogen-bond donors (Lipinski definition) is 1. The number of benzene rings is 1. The van der Waals surface area contributed by atoms with Crippen molar-refractivity contribution in [2.45, 2.75) is 25.1 Å². The van der Waals surface area contributed by atoms with Crippen molar-refractivity contribution in [3.05, 3.63) is 52.9 Å². The van der Waals surface area contributed by atoms with E-state index in [1.54, 1.807) is 18.4 Å². The lowest BCUT2D eigenvalue weighted by Crippen LogP contribution is -2.28. The monoisotopic (exact) mass is 377 g/mol. The van der Waals surface area contributed by atoms with E-state index in [1.807, 2.05) is 32.0 Å². The molecule has 0 aliphatic carbocycles. The number of hydrogen-bond acceptors (Lipinski definition) is 6. The molecule has 25 heavy (non-hydrogen) atoms. The normalized spacial score (nSPS) is 12.1. The molecule has 130 valence electrons. The summed E-state index contributed by atoms with van der Waals surface area (Å²) in [6.45, 7) is 3.72. The summed E-state index contributed by atoms with van der Waals surface area (Å²) in [4.78, 5) is 12.1. The van der Waals surface area contributed by atoms with Crippen molar-refractivity contribution in [1.82, 2.24) is 15.5 Å². The number of aromatic nitrogens is 2. The SMILES string of the molecule is Cc1occc1-c1nnc(SCC(=O)N[C@H](C)c2cccc(Cl)c2)o1. The van der Waals surface area contributed by atoms with Crippen molar-refractivity contribution < 1.29 is 13.6 Å². The number of carbonyl (C=O) groups is 1. The van der Waals surface area contributed by atoms with Gasteiger partial charge in [0.05, 0.1) is 23.6 Å². The van der Waals surface area contributed by atoms with E-state index in [0.717, 1.165) is 11.1 Å². The van der Waals surface area contributed by atoms with Gasteiger partial charge in [-0.3, -0.25) is 4.79 Å². The van der Waals surface area contributed by atoms with Gasteiger partial charge in [0, 0.05) is 5.02 Å². The second-order valence-corrected chi connectivity index (χ2v) is 6.76. The summed E-state index contributed by atoms with van der Waals surface area (Å²) in [5, 5.41) is 11.8. The highest BCUT2D eigenvalue weighted by molar-refractivity contribution is 7.99. The number of amides is 1. The first-order valence-electron chi connectivity index (χ1n) is 7.58. The van der Waals surface area contributed by atoms with Gasteiger partial charge >= 0.3 is 0 Å². The van der Waals surface area contributed by atoms with Gasteiger partial charge in [0.25, 0.3) is 11.1 Å². The number of thioether (sulfide) groups is 1. The Bertz CT molecular complexity index is 877. The first-order chi connectivity index (χ1) is 12.0. The summed E-state index contributed by atoms with van der Waals surface area (Å²) in [6.07, 6.45) is 1.56. The third-order valence-corrected chi connectivity index (χ3v) is 4.60. The minimum absolute atomic E-state index is 0.128. The quantitative estimate of drug-likeness (QED) is 0.646. The van der Waals surface area contributed by atoms with Crippen LogP contribution in [0, 0.1) is 6.92 Å². The average Bonchev–Trinajstić information content (AvgIpc) is 3.21. The Morgan fingerprint density at radius 2 is 2.20 bits per heavy atom. The molecule has 0 saturated carbocycles. The Morgan fingerprint density at radius 3 is 2.92 bits per heavy atom. The smallest absolute Gasteiger partial charge is 0.277 e.